The van der Waals surface area contributed by atoms with Crippen molar-refractivity contribution in [1.82, 2.24) is 4.90 Å². The van der Waals surface area contributed by atoms with E-state index in [1.54, 1.807) is 18.2 Å². The van der Waals surface area contributed by atoms with Gasteiger partial charge in [0.1, 0.15) is 0 Å². The van der Waals surface area contributed by atoms with Crippen molar-refractivity contribution in [2.24, 2.45) is 0 Å². The number of anilines is 1. The Morgan fingerprint density at radius 2 is 1.95 bits per heavy atom. The zero-order valence-electron chi connectivity index (χ0n) is 12.7. The highest BCUT2D eigenvalue weighted by molar-refractivity contribution is 9.09. The highest BCUT2D eigenvalue weighted by Gasteiger charge is 2.37. The standard InChI is InChI=1S/C16H19BrN2O3/c1-3-10(2)19-15(21)12-7-6-11(9-13(12)16(19)22)18-14(20)5-4-8-17/h6-7,9-10H,3-5,8H2,1-2H3,(H,18,20). The molecule has 0 spiro atoms. The molecular formula is C16H19BrN2O3. The van der Waals surface area contributed by atoms with E-state index in [9.17, 15) is 14.4 Å². The van der Waals surface area contributed by atoms with E-state index >= 15 is 0 Å². The van der Waals surface area contributed by atoms with Crippen molar-refractivity contribution in [3.8, 4) is 0 Å². The number of nitrogens with one attached hydrogen (secondary N) is 1. The normalized spacial score (nSPS) is 15.0. The van der Waals surface area contributed by atoms with Crippen molar-refractivity contribution in [2.45, 2.75) is 39.2 Å². The van der Waals surface area contributed by atoms with Crippen molar-refractivity contribution < 1.29 is 14.4 Å². The van der Waals surface area contributed by atoms with Crippen molar-refractivity contribution >= 4 is 39.3 Å². The minimum atomic E-state index is -0.286. The lowest BCUT2D eigenvalue weighted by Gasteiger charge is -2.20. The molecule has 0 saturated heterocycles. The van der Waals surface area contributed by atoms with Crippen LogP contribution in [0, 0.1) is 0 Å². The van der Waals surface area contributed by atoms with E-state index in [-0.39, 0.29) is 23.8 Å². The predicted octanol–water partition coefficient (Wildman–Crippen LogP) is 3.19. The van der Waals surface area contributed by atoms with Crippen LogP contribution >= 0.6 is 15.9 Å². The Kier molecular flexibility index (Phi) is 5.34. The molecule has 22 heavy (non-hydrogen) atoms. The van der Waals surface area contributed by atoms with Crippen LogP contribution in [0.2, 0.25) is 0 Å². The first kappa shape index (κ1) is 16.7. The molecule has 5 nitrogen and oxygen atoms in total. The van der Waals surface area contributed by atoms with E-state index in [1.165, 1.54) is 4.90 Å². The van der Waals surface area contributed by atoms with Gasteiger partial charge in [-0.2, -0.15) is 0 Å². The minimum absolute atomic E-state index is 0.102. The van der Waals surface area contributed by atoms with Crippen LogP contribution in [-0.4, -0.2) is 34.0 Å². The summed E-state index contributed by atoms with van der Waals surface area (Å²) in [4.78, 5) is 37.7. The van der Waals surface area contributed by atoms with Gasteiger partial charge in [0.15, 0.2) is 0 Å². The summed E-state index contributed by atoms with van der Waals surface area (Å²) in [6.45, 7) is 3.79. The van der Waals surface area contributed by atoms with Crippen LogP contribution in [0.25, 0.3) is 0 Å². The van der Waals surface area contributed by atoms with Gasteiger partial charge in [0.25, 0.3) is 11.8 Å². The number of hydrogen-bond donors (Lipinski definition) is 1. The average Bonchev–Trinajstić information content (AvgIpc) is 2.76. The number of carbonyl (C=O) groups excluding carboxylic acids is 3. The third-order valence-electron chi connectivity index (χ3n) is 3.77. The molecule has 1 heterocycles. The maximum absolute atomic E-state index is 12.4. The number of amides is 3. The van der Waals surface area contributed by atoms with Gasteiger partial charge in [0, 0.05) is 23.5 Å². The number of halogens is 1. The lowest BCUT2D eigenvalue weighted by Crippen LogP contribution is -2.37. The van der Waals surface area contributed by atoms with E-state index in [2.05, 4.69) is 21.2 Å². The minimum Gasteiger partial charge on any atom is -0.326 e. The Balaban J connectivity index is 2.20. The Morgan fingerprint density at radius 3 is 2.59 bits per heavy atom. The summed E-state index contributed by atoms with van der Waals surface area (Å²) in [5.74, 6) is -0.646. The van der Waals surface area contributed by atoms with Crippen LogP contribution in [0.5, 0.6) is 0 Å². The second kappa shape index (κ2) is 7.05. The summed E-state index contributed by atoms with van der Waals surface area (Å²) in [7, 11) is 0. The zero-order valence-corrected chi connectivity index (χ0v) is 14.3. The second-order valence-corrected chi connectivity index (χ2v) is 6.13. The van der Waals surface area contributed by atoms with Crippen LogP contribution in [0.3, 0.4) is 0 Å². The lowest BCUT2D eigenvalue weighted by molar-refractivity contribution is -0.116. The van der Waals surface area contributed by atoms with Gasteiger partial charge in [-0.1, -0.05) is 22.9 Å². The fourth-order valence-electron chi connectivity index (χ4n) is 2.37. The number of nitrogens with zero attached hydrogens (tertiary/aromatic N) is 1. The van der Waals surface area contributed by atoms with Gasteiger partial charge in [0.05, 0.1) is 11.1 Å². The van der Waals surface area contributed by atoms with Crippen LogP contribution in [0.4, 0.5) is 5.69 Å². The first-order chi connectivity index (χ1) is 10.5. The van der Waals surface area contributed by atoms with E-state index in [4.69, 9.17) is 0 Å². The molecule has 1 atom stereocenters. The summed E-state index contributed by atoms with van der Waals surface area (Å²) in [5.41, 5.74) is 1.32. The number of benzene rings is 1. The first-order valence-electron chi connectivity index (χ1n) is 7.37. The first-order valence-corrected chi connectivity index (χ1v) is 8.49. The van der Waals surface area contributed by atoms with Crippen molar-refractivity contribution in [3.05, 3.63) is 29.3 Å². The molecular weight excluding hydrogens is 348 g/mol. The molecule has 1 aliphatic rings. The molecule has 2 rings (SSSR count). The van der Waals surface area contributed by atoms with Gasteiger partial charge in [-0.25, -0.2) is 0 Å². The van der Waals surface area contributed by atoms with Crippen molar-refractivity contribution in [3.63, 3.8) is 0 Å². The Morgan fingerprint density at radius 1 is 1.27 bits per heavy atom. The van der Waals surface area contributed by atoms with Gasteiger partial charge in [-0.05, 0) is 38.0 Å². The fraction of sp³-hybridized carbons (Fsp3) is 0.438. The average molecular weight is 367 g/mol. The van der Waals surface area contributed by atoms with Crippen molar-refractivity contribution in [1.29, 1.82) is 0 Å². The zero-order chi connectivity index (χ0) is 16.3. The van der Waals surface area contributed by atoms with E-state index < -0.39 is 0 Å². The molecule has 1 unspecified atom stereocenters. The lowest BCUT2D eigenvalue weighted by atomic mass is 10.1. The molecule has 0 fully saturated rings. The Hall–Kier alpha value is -1.69. The summed E-state index contributed by atoms with van der Waals surface area (Å²) < 4.78 is 0. The summed E-state index contributed by atoms with van der Waals surface area (Å²) in [6, 6.07) is 4.72. The quantitative estimate of drug-likeness (QED) is 0.620. The summed E-state index contributed by atoms with van der Waals surface area (Å²) in [5, 5.41) is 3.52. The van der Waals surface area contributed by atoms with E-state index in [0.29, 0.717) is 29.7 Å². The number of rotatable bonds is 6. The molecule has 1 aromatic rings. The molecule has 0 aliphatic carbocycles. The topological polar surface area (TPSA) is 66.5 Å². The van der Waals surface area contributed by atoms with Crippen LogP contribution in [0.15, 0.2) is 18.2 Å². The van der Waals surface area contributed by atoms with Gasteiger partial charge < -0.3 is 5.32 Å². The Bertz CT molecular complexity index is 615. The molecule has 0 saturated carbocycles. The van der Waals surface area contributed by atoms with Gasteiger partial charge in [0.2, 0.25) is 5.91 Å². The number of fused-ring (bicyclic) bond motifs is 1. The molecule has 0 bridgehead atoms. The third kappa shape index (κ3) is 3.21. The van der Waals surface area contributed by atoms with Crippen LogP contribution in [-0.2, 0) is 4.79 Å². The molecule has 118 valence electrons. The highest BCUT2D eigenvalue weighted by atomic mass is 79.9. The number of hydrogen-bond acceptors (Lipinski definition) is 3. The SMILES string of the molecule is CCC(C)N1C(=O)c2ccc(NC(=O)CCCBr)cc2C1=O. The summed E-state index contributed by atoms with van der Waals surface area (Å²) >= 11 is 3.28. The molecule has 1 aliphatic heterocycles. The number of imide groups is 1. The molecule has 3 amide bonds. The van der Waals surface area contributed by atoms with E-state index in [0.717, 1.165) is 11.8 Å². The molecule has 1 N–H and O–H groups in total. The maximum Gasteiger partial charge on any atom is 0.261 e. The fourth-order valence-corrected chi connectivity index (χ4v) is 2.65. The van der Waals surface area contributed by atoms with Gasteiger partial charge in [-0.3, -0.25) is 19.3 Å². The predicted molar refractivity (Wildman–Crippen MR) is 88.4 cm³/mol. The largest absolute Gasteiger partial charge is 0.326 e. The van der Waals surface area contributed by atoms with Crippen LogP contribution < -0.4 is 5.32 Å². The molecule has 1 aromatic carbocycles. The second-order valence-electron chi connectivity index (χ2n) is 5.34. The number of alkyl halides is 1. The maximum atomic E-state index is 12.4. The van der Waals surface area contributed by atoms with Gasteiger partial charge >= 0.3 is 0 Å². The number of carbonyl (C=O) groups is 3. The molecule has 0 radical (unpaired) electrons. The molecule has 0 aromatic heterocycles. The van der Waals surface area contributed by atoms with Crippen molar-refractivity contribution in [2.75, 3.05) is 10.6 Å². The molecule has 6 heteroatoms. The summed E-state index contributed by atoms with van der Waals surface area (Å²) in [6.07, 6.45) is 1.87. The third-order valence-corrected chi connectivity index (χ3v) is 4.33. The van der Waals surface area contributed by atoms with E-state index in [1.807, 2.05) is 13.8 Å². The highest BCUT2D eigenvalue weighted by Crippen LogP contribution is 2.28. The van der Waals surface area contributed by atoms with Crippen LogP contribution in [0.1, 0.15) is 53.8 Å². The smallest absolute Gasteiger partial charge is 0.261 e. The Labute approximate surface area is 138 Å². The monoisotopic (exact) mass is 366 g/mol. The van der Waals surface area contributed by atoms with Gasteiger partial charge in [-0.15, -0.1) is 0 Å².